The number of benzene rings is 2. The number of hydrogen-bond acceptors (Lipinski definition) is 3. The first-order valence-corrected chi connectivity index (χ1v) is 9.77. The van der Waals surface area contributed by atoms with Crippen LogP contribution in [0.1, 0.15) is 35.1 Å². The number of hydrogen-bond donors (Lipinski definition) is 3. The number of aryl methyl sites for hydroxylation is 2. The van der Waals surface area contributed by atoms with Gasteiger partial charge in [0.15, 0.2) is 0 Å². The summed E-state index contributed by atoms with van der Waals surface area (Å²) in [6.45, 7) is 4.58. The molecule has 5 nitrogen and oxygen atoms in total. The van der Waals surface area contributed by atoms with E-state index in [9.17, 15) is 14.7 Å². The SMILES string of the molecule is Cc1ccc(CNC(=O)[C@H]2C[C@H](NC(=O)Cc3ccccc3)[C@@H](O)C2)cc1C. The molecule has 0 heterocycles. The van der Waals surface area contributed by atoms with Crippen molar-refractivity contribution in [3.8, 4) is 0 Å². The van der Waals surface area contributed by atoms with Gasteiger partial charge in [-0.25, -0.2) is 0 Å². The van der Waals surface area contributed by atoms with Crippen molar-refractivity contribution in [2.45, 2.75) is 51.8 Å². The summed E-state index contributed by atoms with van der Waals surface area (Å²) < 4.78 is 0. The molecule has 0 bridgehead atoms. The van der Waals surface area contributed by atoms with Gasteiger partial charge in [0.25, 0.3) is 0 Å². The standard InChI is InChI=1S/C23H28N2O3/c1-15-8-9-18(10-16(15)2)14-24-23(28)19-12-20(21(26)13-19)25-22(27)11-17-6-4-3-5-7-17/h3-10,19-21,26H,11-14H2,1-2H3,(H,24,28)(H,25,27)/t19-,20-,21-/m0/s1. The topological polar surface area (TPSA) is 78.4 Å². The van der Waals surface area contributed by atoms with Crippen LogP contribution in [0.3, 0.4) is 0 Å². The summed E-state index contributed by atoms with van der Waals surface area (Å²) in [6, 6.07) is 15.2. The third kappa shape index (κ3) is 5.20. The molecule has 5 heteroatoms. The van der Waals surface area contributed by atoms with Gasteiger partial charge in [-0.3, -0.25) is 9.59 Å². The molecule has 1 aliphatic rings. The highest BCUT2D eigenvalue weighted by Gasteiger charge is 2.37. The summed E-state index contributed by atoms with van der Waals surface area (Å²) in [5.74, 6) is -0.493. The first-order chi connectivity index (χ1) is 13.4. The van der Waals surface area contributed by atoms with Crippen molar-refractivity contribution in [1.82, 2.24) is 10.6 Å². The Morgan fingerprint density at radius 3 is 2.46 bits per heavy atom. The number of rotatable bonds is 6. The Bertz CT molecular complexity index is 835. The Morgan fingerprint density at radius 1 is 1.00 bits per heavy atom. The second-order valence-corrected chi connectivity index (χ2v) is 7.71. The number of carbonyl (C=O) groups is 2. The van der Waals surface area contributed by atoms with Crippen LogP contribution in [0.5, 0.6) is 0 Å². The zero-order chi connectivity index (χ0) is 20.1. The number of nitrogens with one attached hydrogen (secondary N) is 2. The molecule has 1 aliphatic carbocycles. The molecule has 2 amide bonds. The minimum absolute atomic E-state index is 0.0721. The zero-order valence-corrected chi connectivity index (χ0v) is 16.4. The minimum Gasteiger partial charge on any atom is -0.391 e. The van der Waals surface area contributed by atoms with E-state index in [4.69, 9.17) is 0 Å². The fourth-order valence-corrected chi connectivity index (χ4v) is 3.67. The second kappa shape index (κ2) is 9.02. The summed E-state index contributed by atoms with van der Waals surface area (Å²) in [5.41, 5.74) is 4.41. The highest BCUT2D eigenvalue weighted by molar-refractivity contribution is 5.81. The number of carbonyl (C=O) groups excluding carboxylic acids is 2. The molecule has 1 fully saturated rings. The lowest BCUT2D eigenvalue weighted by Gasteiger charge is -2.16. The van der Waals surface area contributed by atoms with E-state index in [-0.39, 0.29) is 30.2 Å². The zero-order valence-electron chi connectivity index (χ0n) is 16.4. The molecule has 0 saturated heterocycles. The lowest BCUT2D eigenvalue weighted by molar-refractivity contribution is -0.125. The first-order valence-electron chi connectivity index (χ1n) is 9.77. The van der Waals surface area contributed by atoms with Crippen molar-refractivity contribution < 1.29 is 14.7 Å². The van der Waals surface area contributed by atoms with Gasteiger partial charge >= 0.3 is 0 Å². The molecule has 1 saturated carbocycles. The third-order valence-corrected chi connectivity index (χ3v) is 5.49. The van der Waals surface area contributed by atoms with Gasteiger partial charge < -0.3 is 15.7 Å². The molecule has 0 aromatic heterocycles. The van der Waals surface area contributed by atoms with E-state index in [0.717, 1.165) is 11.1 Å². The fraction of sp³-hybridized carbons (Fsp3) is 0.391. The molecule has 0 aliphatic heterocycles. The summed E-state index contributed by atoms with van der Waals surface area (Å²) in [7, 11) is 0. The van der Waals surface area contributed by atoms with Crippen LogP contribution in [0.2, 0.25) is 0 Å². The van der Waals surface area contributed by atoms with Crippen LogP contribution < -0.4 is 10.6 Å². The second-order valence-electron chi connectivity index (χ2n) is 7.71. The summed E-state index contributed by atoms with van der Waals surface area (Å²) in [5, 5.41) is 16.1. The molecule has 3 rings (SSSR count). The Morgan fingerprint density at radius 2 is 1.75 bits per heavy atom. The third-order valence-electron chi connectivity index (χ3n) is 5.49. The predicted octanol–water partition coefficient (Wildman–Crippen LogP) is 2.42. The number of amides is 2. The molecular formula is C23H28N2O3. The highest BCUT2D eigenvalue weighted by atomic mass is 16.3. The molecule has 2 aromatic carbocycles. The van der Waals surface area contributed by atoms with Crippen LogP contribution in [-0.2, 0) is 22.6 Å². The predicted molar refractivity (Wildman–Crippen MR) is 109 cm³/mol. The molecule has 3 N–H and O–H groups in total. The first kappa shape index (κ1) is 20.1. The van der Waals surface area contributed by atoms with Crippen molar-refractivity contribution >= 4 is 11.8 Å². The van der Waals surface area contributed by atoms with Crippen molar-refractivity contribution in [2.24, 2.45) is 5.92 Å². The van der Waals surface area contributed by atoms with Crippen LogP contribution in [-0.4, -0.2) is 29.1 Å². The van der Waals surface area contributed by atoms with E-state index in [1.54, 1.807) is 0 Å². The van der Waals surface area contributed by atoms with Gasteiger partial charge in [0.05, 0.1) is 18.6 Å². The molecule has 3 atom stereocenters. The van der Waals surface area contributed by atoms with Gasteiger partial charge in [-0.05, 0) is 48.9 Å². The van der Waals surface area contributed by atoms with Crippen LogP contribution in [0.4, 0.5) is 0 Å². The minimum atomic E-state index is -0.697. The van der Waals surface area contributed by atoms with E-state index in [0.29, 0.717) is 19.4 Å². The number of aliphatic hydroxyl groups excluding tert-OH is 1. The van der Waals surface area contributed by atoms with Crippen molar-refractivity contribution in [3.05, 3.63) is 70.8 Å². The average Bonchev–Trinajstić information content (AvgIpc) is 3.03. The lowest BCUT2D eigenvalue weighted by Crippen LogP contribution is -2.40. The Kier molecular flexibility index (Phi) is 6.47. The van der Waals surface area contributed by atoms with Gasteiger partial charge in [0.2, 0.25) is 11.8 Å². The van der Waals surface area contributed by atoms with E-state index < -0.39 is 6.10 Å². The highest BCUT2D eigenvalue weighted by Crippen LogP contribution is 2.26. The molecule has 0 radical (unpaired) electrons. The summed E-state index contributed by atoms with van der Waals surface area (Å²) in [6.07, 6.45) is 0.403. The normalized spacial score (nSPS) is 21.3. The van der Waals surface area contributed by atoms with Gasteiger partial charge in [0, 0.05) is 12.5 Å². The van der Waals surface area contributed by atoms with Crippen molar-refractivity contribution in [2.75, 3.05) is 0 Å². The van der Waals surface area contributed by atoms with E-state index in [2.05, 4.69) is 36.6 Å². The van der Waals surface area contributed by atoms with Crippen LogP contribution in [0.15, 0.2) is 48.5 Å². The van der Waals surface area contributed by atoms with Gasteiger partial charge in [-0.15, -0.1) is 0 Å². The molecule has 0 spiro atoms. The Hall–Kier alpha value is -2.66. The van der Waals surface area contributed by atoms with Gasteiger partial charge in [-0.2, -0.15) is 0 Å². The van der Waals surface area contributed by atoms with Crippen molar-refractivity contribution in [1.29, 1.82) is 0 Å². The monoisotopic (exact) mass is 380 g/mol. The molecular weight excluding hydrogens is 352 g/mol. The largest absolute Gasteiger partial charge is 0.391 e. The molecule has 2 aromatic rings. The molecule has 28 heavy (non-hydrogen) atoms. The summed E-state index contributed by atoms with van der Waals surface area (Å²) in [4.78, 5) is 24.7. The Balaban J connectivity index is 1.48. The molecule has 148 valence electrons. The summed E-state index contributed by atoms with van der Waals surface area (Å²) >= 11 is 0. The average molecular weight is 380 g/mol. The van der Waals surface area contributed by atoms with E-state index in [1.807, 2.05) is 36.4 Å². The van der Waals surface area contributed by atoms with E-state index in [1.165, 1.54) is 11.1 Å². The quantitative estimate of drug-likeness (QED) is 0.720. The smallest absolute Gasteiger partial charge is 0.224 e. The van der Waals surface area contributed by atoms with Crippen LogP contribution in [0.25, 0.3) is 0 Å². The Labute approximate surface area is 166 Å². The maximum absolute atomic E-state index is 12.5. The van der Waals surface area contributed by atoms with Gasteiger partial charge in [0.1, 0.15) is 0 Å². The molecule has 0 unspecified atom stereocenters. The van der Waals surface area contributed by atoms with Crippen molar-refractivity contribution in [3.63, 3.8) is 0 Å². The van der Waals surface area contributed by atoms with Crippen LogP contribution >= 0.6 is 0 Å². The maximum Gasteiger partial charge on any atom is 0.224 e. The lowest BCUT2D eigenvalue weighted by atomic mass is 10.0. The van der Waals surface area contributed by atoms with Crippen LogP contribution in [0, 0.1) is 19.8 Å². The van der Waals surface area contributed by atoms with E-state index >= 15 is 0 Å². The van der Waals surface area contributed by atoms with Gasteiger partial charge in [-0.1, -0.05) is 48.5 Å². The number of aliphatic hydroxyl groups is 1. The fourth-order valence-electron chi connectivity index (χ4n) is 3.67. The maximum atomic E-state index is 12.5.